The van der Waals surface area contributed by atoms with Gasteiger partial charge in [0.2, 0.25) is 6.71 Å². The van der Waals surface area contributed by atoms with Crippen molar-refractivity contribution in [2.75, 3.05) is 9.80 Å². The first-order valence-corrected chi connectivity index (χ1v) is 24.2. The predicted molar refractivity (Wildman–Crippen MR) is 280 cm³/mol. The van der Waals surface area contributed by atoms with Crippen LogP contribution in [0.4, 0.5) is 33.4 Å². The van der Waals surface area contributed by atoms with Gasteiger partial charge in [0.1, 0.15) is 0 Å². The summed E-state index contributed by atoms with van der Waals surface area (Å²) in [5.74, 6) is 0. The van der Waals surface area contributed by atoms with Gasteiger partial charge >= 0.3 is 0 Å². The Morgan fingerprint density at radius 3 is 1.86 bits per heavy atom. The zero-order chi connectivity index (χ0) is 44.9. The maximum Gasteiger partial charge on any atom is 0.249 e. The van der Waals surface area contributed by atoms with E-state index in [0.717, 1.165) is 17.8 Å². The maximum absolute atomic E-state index is 2.69. The van der Waals surface area contributed by atoms with Crippen LogP contribution in [0.15, 0.2) is 140 Å². The standard InChI is InChI=1S/C60H61BN2S/c1-56(2,3)39-23-27-42(28-24-39)63-51-33-44(62(41-20-14-13-15-21-41)43-26-22-37-18-16-17-19-38(37)30-43)32-49-54(51)61(53-45-31-40(57(4,5)6)25-29-52(45)64-55(53)63)50-35-47-46(34-48(50)60(49,11)12)58(7,8)36-59(47,9)10/h13-35H,36H2,1-12H3. The van der Waals surface area contributed by atoms with Gasteiger partial charge in [0.15, 0.2) is 0 Å². The number of rotatable bonds is 4. The molecular weight excluding hydrogens is 792 g/mol. The molecule has 0 radical (unpaired) electrons. The number of hydrogen-bond acceptors (Lipinski definition) is 3. The summed E-state index contributed by atoms with van der Waals surface area (Å²) in [7, 11) is 0. The normalized spacial score (nSPS) is 16.7. The van der Waals surface area contributed by atoms with E-state index in [1.165, 1.54) is 92.7 Å². The van der Waals surface area contributed by atoms with Crippen molar-refractivity contribution in [1.29, 1.82) is 0 Å². The van der Waals surface area contributed by atoms with E-state index in [9.17, 15) is 0 Å². The molecule has 4 heteroatoms. The zero-order valence-corrected chi connectivity index (χ0v) is 40.7. The van der Waals surface area contributed by atoms with Gasteiger partial charge in [-0.3, -0.25) is 0 Å². The largest absolute Gasteiger partial charge is 0.310 e. The summed E-state index contributed by atoms with van der Waals surface area (Å²) >= 11 is 1.96. The van der Waals surface area contributed by atoms with Crippen molar-refractivity contribution >= 4 is 88.7 Å². The van der Waals surface area contributed by atoms with E-state index >= 15 is 0 Å². The lowest BCUT2D eigenvalue weighted by atomic mass is 9.30. The highest BCUT2D eigenvalue weighted by Gasteiger charge is 2.51. The average Bonchev–Trinajstić information content (AvgIpc) is 3.71. The second-order valence-electron chi connectivity index (χ2n) is 23.0. The predicted octanol–water partition coefficient (Wildman–Crippen LogP) is 15.0. The topological polar surface area (TPSA) is 6.48 Å². The first kappa shape index (κ1) is 41.2. The lowest BCUT2D eigenvalue weighted by molar-refractivity contribution is 0.403. The molecule has 64 heavy (non-hydrogen) atoms. The molecular formula is C60H61BN2S. The van der Waals surface area contributed by atoms with Crippen molar-refractivity contribution in [2.45, 2.75) is 117 Å². The number of anilines is 6. The first-order valence-electron chi connectivity index (χ1n) is 23.4. The van der Waals surface area contributed by atoms with Gasteiger partial charge in [0.05, 0.1) is 5.00 Å². The summed E-state index contributed by atoms with van der Waals surface area (Å²) in [6.45, 7) is 29.0. The van der Waals surface area contributed by atoms with Crippen LogP contribution in [0.3, 0.4) is 0 Å². The van der Waals surface area contributed by atoms with Crippen molar-refractivity contribution < 1.29 is 0 Å². The molecule has 3 heterocycles. The third-order valence-electron chi connectivity index (χ3n) is 15.2. The van der Waals surface area contributed by atoms with Gasteiger partial charge in [0, 0.05) is 38.6 Å². The molecule has 0 fully saturated rings. The number of thiophene rings is 1. The Balaban J connectivity index is 1.27. The molecule has 0 unspecified atom stereocenters. The SMILES string of the molecule is CC(C)(C)c1ccc(N2c3cc(N(c4ccccc4)c4ccc5ccccc5c4)cc4c3B(c3cc5c(cc3C4(C)C)C(C)(C)CC5(C)C)c3c2sc2ccc(C(C)(C)C)cc32)cc1. The van der Waals surface area contributed by atoms with Crippen LogP contribution in [-0.4, -0.2) is 6.71 Å². The Hall–Kier alpha value is -5.58. The molecule has 0 saturated carbocycles. The Bertz CT molecular complexity index is 3190. The molecule has 8 aromatic rings. The van der Waals surface area contributed by atoms with Crippen molar-refractivity contribution in [3.63, 3.8) is 0 Å². The molecule has 0 spiro atoms. The van der Waals surface area contributed by atoms with E-state index in [0.29, 0.717) is 0 Å². The van der Waals surface area contributed by atoms with Gasteiger partial charge in [-0.2, -0.15) is 0 Å². The van der Waals surface area contributed by atoms with Crippen molar-refractivity contribution in [3.8, 4) is 0 Å². The highest BCUT2D eigenvalue weighted by atomic mass is 32.1. The van der Waals surface area contributed by atoms with Crippen LogP contribution < -0.4 is 26.2 Å². The minimum atomic E-state index is -0.294. The monoisotopic (exact) mass is 852 g/mol. The lowest BCUT2D eigenvalue weighted by Gasteiger charge is -2.46. The summed E-state index contributed by atoms with van der Waals surface area (Å²) in [5, 5.41) is 5.20. The lowest BCUT2D eigenvalue weighted by Crippen LogP contribution is -2.64. The van der Waals surface area contributed by atoms with Crippen LogP contribution in [0, 0.1) is 0 Å². The fraction of sp³-hybridized carbons (Fsp3) is 0.300. The van der Waals surface area contributed by atoms with E-state index < -0.39 is 0 Å². The second-order valence-corrected chi connectivity index (χ2v) is 24.1. The highest BCUT2D eigenvalue weighted by molar-refractivity contribution is 7.26. The Morgan fingerprint density at radius 1 is 0.531 bits per heavy atom. The van der Waals surface area contributed by atoms with Gasteiger partial charge in [0.25, 0.3) is 0 Å². The number of benzene rings is 7. The fourth-order valence-electron chi connectivity index (χ4n) is 12.0. The molecule has 2 aliphatic heterocycles. The van der Waals surface area contributed by atoms with E-state index in [2.05, 4.69) is 232 Å². The molecule has 1 aromatic heterocycles. The van der Waals surface area contributed by atoms with Crippen LogP contribution >= 0.6 is 11.3 Å². The van der Waals surface area contributed by atoms with Crippen molar-refractivity contribution in [3.05, 3.63) is 173 Å². The van der Waals surface area contributed by atoms with Gasteiger partial charge in [-0.15, -0.1) is 11.3 Å². The second kappa shape index (κ2) is 13.7. The van der Waals surface area contributed by atoms with Crippen LogP contribution in [0.1, 0.15) is 123 Å². The number of para-hydroxylation sites is 1. The van der Waals surface area contributed by atoms with E-state index in [1.807, 2.05) is 11.3 Å². The summed E-state index contributed by atoms with van der Waals surface area (Å²) < 4.78 is 1.35. The molecule has 3 aliphatic rings. The van der Waals surface area contributed by atoms with Gasteiger partial charge in [-0.25, -0.2) is 0 Å². The minimum Gasteiger partial charge on any atom is -0.310 e. The van der Waals surface area contributed by atoms with Crippen molar-refractivity contribution in [2.24, 2.45) is 0 Å². The van der Waals surface area contributed by atoms with E-state index in [1.54, 1.807) is 0 Å². The summed E-state index contributed by atoms with van der Waals surface area (Å²) in [6, 6.07) is 53.9. The molecule has 0 saturated heterocycles. The maximum atomic E-state index is 2.69. The summed E-state index contributed by atoms with van der Waals surface area (Å²) in [4.78, 5) is 5.14. The Labute approximate surface area is 386 Å². The fourth-order valence-corrected chi connectivity index (χ4v) is 13.3. The first-order chi connectivity index (χ1) is 30.2. The molecule has 1 aliphatic carbocycles. The van der Waals surface area contributed by atoms with E-state index in [4.69, 9.17) is 0 Å². The number of hydrogen-bond donors (Lipinski definition) is 0. The molecule has 2 nitrogen and oxygen atoms in total. The number of fused-ring (bicyclic) bond motifs is 8. The molecule has 0 bridgehead atoms. The third kappa shape index (κ3) is 6.18. The molecule has 0 N–H and O–H groups in total. The molecule has 0 amide bonds. The van der Waals surface area contributed by atoms with Crippen LogP contribution in [-0.2, 0) is 27.1 Å². The molecule has 0 atom stereocenters. The van der Waals surface area contributed by atoms with E-state index in [-0.39, 0.29) is 33.8 Å². The zero-order valence-electron chi connectivity index (χ0n) is 39.9. The van der Waals surface area contributed by atoms with Gasteiger partial charge in [-0.05, 0) is 143 Å². The Morgan fingerprint density at radius 2 is 1.17 bits per heavy atom. The van der Waals surface area contributed by atoms with Crippen LogP contribution in [0.25, 0.3) is 20.9 Å². The highest BCUT2D eigenvalue weighted by Crippen LogP contribution is 2.54. The smallest absolute Gasteiger partial charge is 0.249 e. The van der Waals surface area contributed by atoms with Gasteiger partial charge in [-0.1, -0.05) is 173 Å². The Kier molecular flexibility index (Phi) is 8.82. The van der Waals surface area contributed by atoms with Gasteiger partial charge < -0.3 is 9.80 Å². The molecule has 7 aromatic carbocycles. The van der Waals surface area contributed by atoms with Crippen molar-refractivity contribution in [1.82, 2.24) is 0 Å². The summed E-state index contributed by atoms with van der Waals surface area (Å²) in [5.41, 5.74) is 18.9. The third-order valence-corrected chi connectivity index (χ3v) is 16.4. The molecule has 320 valence electrons. The number of nitrogens with zero attached hydrogens (tertiary/aromatic N) is 2. The quantitative estimate of drug-likeness (QED) is 0.163. The molecule has 11 rings (SSSR count). The van der Waals surface area contributed by atoms with Crippen LogP contribution in [0.2, 0.25) is 0 Å². The van der Waals surface area contributed by atoms with Crippen LogP contribution in [0.5, 0.6) is 0 Å². The average molecular weight is 853 g/mol. The summed E-state index contributed by atoms with van der Waals surface area (Å²) in [6.07, 6.45) is 1.14. The minimum absolute atomic E-state index is 0.0185.